The fourth-order valence-corrected chi connectivity index (χ4v) is 3.07. The van der Waals surface area contributed by atoms with E-state index in [2.05, 4.69) is 38.3 Å². The van der Waals surface area contributed by atoms with Gasteiger partial charge in [-0.15, -0.1) is 0 Å². The number of hydrogen-bond donors (Lipinski definition) is 1. The van der Waals surface area contributed by atoms with Crippen LogP contribution in [0.25, 0.3) is 0 Å². The molecule has 0 bridgehead atoms. The van der Waals surface area contributed by atoms with Crippen molar-refractivity contribution in [3.05, 3.63) is 48.0 Å². The molecular formula is C16H21N5. The van der Waals surface area contributed by atoms with Gasteiger partial charge in [-0.1, -0.05) is 6.07 Å². The van der Waals surface area contributed by atoms with Crippen LogP contribution in [-0.4, -0.2) is 40.0 Å². The molecule has 5 nitrogen and oxygen atoms in total. The number of aromatic nitrogens is 3. The van der Waals surface area contributed by atoms with Crippen molar-refractivity contribution in [3.8, 4) is 0 Å². The lowest BCUT2D eigenvalue weighted by Gasteiger charge is -2.25. The van der Waals surface area contributed by atoms with Crippen molar-refractivity contribution < 1.29 is 0 Å². The fraction of sp³-hybridized carbons (Fsp3) is 0.438. The third-order valence-electron chi connectivity index (χ3n) is 4.12. The Morgan fingerprint density at radius 2 is 2.24 bits per heavy atom. The number of anilines is 1. The van der Waals surface area contributed by atoms with Gasteiger partial charge in [-0.25, -0.2) is 9.97 Å². The molecule has 1 aliphatic heterocycles. The van der Waals surface area contributed by atoms with Gasteiger partial charge in [-0.2, -0.15) is 0 Å². The molecule has 1 fully saturated rings. The molecule has 1 N–H and O–H groups in total. The maximum absolute atomic E-state index is 4.40. The Balaban J connectivity index is 1.69. The molecule has 110 valence electrons. The monoisotopic (exact) mass is 283 g/mol. The van der Waals surface area contributed by atoms with Gasteiger partial charge in [-0.3, -0.25) is 9.88 Å². The Hall–Kier alpha value is -2.01. The standard InChI is InChI=1S/C16H21N5/c1-12-5-8-18-16(20-12)19-11-14-6-9-21(2)15(14)13-4-3-7-17-10-13/h3-5,7-8,10,14-15H,6,9,11H2,1-2H3,(H,18,19,20)/t14-,15-/m0/s1. The second kappa shape index (κ2) is 6.18. The molecule has 1 aliphatic rings. The van der Waals surface area contributed by atoms with Crippen LogP contribution in [0, 0.1) is 12.8 Å². The SMILES string of the molecule is Cc1ccnc(NC[C@@H]2CCN(C)[C@H]2c2cccnc2)n1. The van der Waals surface area contributed by atoms with Gasteiger partial charge < -0.3 is 5.32 Å². The number of aryl methyl sites for hydroxylation is 1. The highest BCUT2D eigenvalue weighted by atomic mass is 15.2. The summed E-state index contributed by atoms with van der Waals surface area (Å²) < 4.78 is 0. The lowest BCUT2D eigenvalue weighted by molar-refractivity contribution is 0.281. The van der Waals surface area contributed by atoms with Crippen molar-refractivity contribution in [2.75, 3.05) is 25.5 Å². The first-order valence-corrected chi connectivity index (χ1v) is 7.38. The first kappa shape index (κ1) is 13.9. The Bertz CT molecular complexity index is 586. The van der Waals surface area contributed by atoms with Crippen molar-refractivity contribution in [3.63, 3.8) is 0 Å². The van der Waals surface area contributed by atoms with Crippen LogP contribution in [0.3, 0.4) is 0 Å². The van der Waals surface area contributed by atoms with Crippen LogP contribution < -0.4 is 5.32 Å². The van der Waals surface area contributed by atoms with Crippen LogP contribution in [0.2, 0.25) is 0 Å². The predicted molar refractivity (Wildman–Crippen MR) is 83.0 cm³/mol. The zero-order valence-electron chi connectivity index (χ0n) is 12.5. The van der Waals surface area contributed by atoms with E-state index in [-0.39, 0.29) is 0 Å². The number of nitrogens with zero attached hydrogens (tertiary/aromatic N) is 4. The highest BCUT2D eigenvalue weighted by Crippen LogP contribution is 2.35. The average Bonchev–Trinajstić information content (AvgIpc) is 2.87. The van der Waals surface area contributed by atoms with Gasteiger partial charge >= 0.3 is 0 Å². The van der Waals surface area contributed by atoms with Gasteiger partial charge in [0.25, 0.3) is 0 Å². The number of rotatable bonds is 4. The maximum atomic E-state index is 4.40. The van der Waals surface area contributed by atoms with Crippen LogP contribution in [0.15, 0.2) is 36.8 Å². The Morgan fingerprint density at radius 1 is 1.33 bits per heavy atom. The summed E-state index contributed by atoms with van der Waals surface area (Å²) in [6.45, 7) is 3.97. The first-order chi connectivity index (χ1) is 10.2. The molecule has 2 atom stereocenters. The molecule has 0 saturated carbocycles. The van der Waals surface area contributed by atoms with E-state index in [1.807, 2.05) is 31.5 Å². The summed E-state index contributed by atoms with van der Waals surface area (Å²) in [6.07, 6.45) is 6.77. The molecule has 0 unspecified atom stereocenters. The van der Waals surface area contributed by atoms with Crippen LogP contribution >= 0.6 is 0 Å². The molecule has 3 rings (SSSR count). The first-order valence-electron chi connectivity index (χ1n) is 7.38. The van der Waals surface area contributed by atoms with Crippen LogP contribution in [0.1, 0.15) is 23.7 Å². The summed E-state index contributed by atoms with van der Waals surface area (Å²) in [4.78, 5) is 15.3. The molecule has 0 spiro atoms. The fourth-order valence-electron chi connectivity index (χ4n) is 3.07. The third kappa shape index (κ3) is 3.19. The molecule has 21 heavy (non-hydrogen) atoms. The molecule has 2 aromatic heterocycles. The normalized spacial score (nSPS) is 22.4. The quantitative estimate of drug-likeness (QED) is 0.933. The highest BCUT2D eigenvalue weighted by Gasteiger charge is 2.32. The lowest BCUT2D eigenvalue weighted by atomic mass is 9.95. The van der Waals surface area contributed by atoms with E-state index >= 15 is 0 Å². The minimum absolute atomic E-state index is 0.413. The largest absolute Gasteiger partial charge is 0.354 e. The van der Waals surface area contributed by atoms with E-state index < -0.39 is 0 Å². The van der Waals surface area contributed by atoms with E-state index in [9.17, 15) is 0 Å². The molecule has 0 amide bonds. The lowest BCUT2D eigenvalue weighted by Crippen LogP contribution is -2.25. The van der Waals surface area contributed by atoms with E-state index in [1.54, 1.807) is 6.20 Å². The zero-order valence-corrected chi connectivity index (χ0v) is 12.5. The summed E-state index contributed by atoms with van der Waals surface area (Å²) in [5.74, 6) is 1.26. The number of likely N-dealkylation sites (tertiary alicyclic amines) is 1. The molecule has 5 heteroatoms. The number of nitrogens with one attached hydrogen (secondary N) is 1. The molecular weight excluding hydrogens is 262 g/mol. The predicted octanol–water partition coefficient (Wildman–Crippen LogP) is 2.28. The molecule has 0 radical (unpaired) electrons. The smallest absolute Gasteiger partial charge is 0.222 e. The Kier molecular flexibility index (Phi) is 4.10. The Morgan fingerprint density at radius 3 is 3.00 bits per heavy atom. The van der Waals surface area contributed by atoms with E-state index in [4.69, 9.17) is 0 Å². The summed E-state index contributed by atoms with van der Waals surface area (Å²) in [6, 6.07) is 6.49. The molecule has 2 aromatic rings. The minimum atomic E-state index is 0.413. The van der Waals surface area contributed by atoms with E-state index in [0.717, 1.165) is 24.7 Å². The van der Waals surface area contributed by atoms with Gasteiger partial charge in [-0.05, 0) is 50.6 Å². The van der Waals surface area contributed by atoms with Gasteiger partial charge in [0, 0.05) is 36.9 Å². The number of hydrogen-bond acceptors (Lipinski definition) is 5. The van der Waals surface area contributed by atoms with Crippen molar-refractivity contribution in [1.29, 1.82) is 0 Å². The molecule has 0 aliphatic carbocycles. The van der Waals surface area contributed by atoms with Gasteiger partial charge in [0.15, 0.2) is 0 Å². The van der Waals surface area contributed by atoms with Crippen LogP contribution in [0.4, 0.5) is 5.95 Å². The number of pyridine rings is 1. The summed E-state index contributed by atoms with van der Waals surface area (Å²) in [5.41, 5.74) is 2.27. The molecule has 1 saturated heterocycles. The van der Waals surface area contributed by atoms with Gasteiger partial charge in [0.1, 0.15) is 0 Å². The minimum Gasteiger partial charge on any atom is -0.354 e. The third-order valence-corrected chi connectivity index (χ3v) is 4.12. The summed E-state index contributed by atoms with van der Waals surface area (Å²) in [7, 11) is 2.18. The van der Waals surface area contributed by atoms with Crippen LogP contribution in [0.5, 0.6) is 0 Å². The summed E-state index contributed by atoms with van der Waals surface area (Å²) in [5, 5.41) is 3.38. The van der Waals surface area contributed by atoms with Crippen LogP contribution in [-0.2, 0) is 0 Å². The maximum Gasteiger partial charge on any atom is 0.222 e. The Labute approximate surface area is 125 Å². The van der Waals surface area contributed by atoms with E-state index in [1.165, 1.54) is 12.0 Å². The summed E-state index contributed by atoms with van der Waals surface area (Å²) >= 11 is 0. The highest BCUT2D eigenvalue weighted by molar-refractivity contribution is 5.26. The van der Waals surface area contributed by atoms with Crippen molar-refractivity contribution in [2.24, 2.45) is 5.92 Å². The second-order valence-electron chi connectivity index (χ2n) is 5.66. The zero-order chi connectivity index (χ0) is 14.7. The molecule has 3 heterocycles. The van der Waals surface area contributed by atoms with E-state index in [0.29, 0.717) is 12.0 Å². The average molecular weight is 283 g/mol. The second-order valence-corrected chi connectivity index (χ2v) is 5.66. The topological polar surface area (TPSA) is 53.9 Å². The molecule has 0 aromatic carbocycles. The van der Waals surface area contributed by atoms with Crippen molar-refractivity contribution in [1.82, 2.24) is 19.9 Å². The van der Waals surface area contributed by atoms with Crippen molar-refractivity contribution in [2.45, 2.75) is 19.4 Å². The van der Waals surface area contributed by atoms with Gasteiger partial charge in [0.2, 0.25) is 5.95 Å². The van der Waals surface area contributed by atoms with Crippen molar-refractivity contribution >= 4 is 5.95 Å². The van der Waals surface area contributed by atoms with Gasteiger partial charge in [0.05, 0.1) is 0 Å².